The highest BCUT2D eigenvalue weighted by Gasteiger charge is 2.28. The molecule has 1 amide bonds. The summed E-state index contributed by atoms with van der Waals surface area (Å²) in [4.78, 5) is 20.9. The van der Waals surface area contributed by atoms with Gasteiger partial charge in [0.25, 0.3) is 5.91 Å². The summed E-state index contributed by atoms with van der Waals surface area (Å²) in [6.45, 7) is 1.86. The van der Waals surface area contributed by atoms with E-state index in [1.165, 1.54) is 0 Å². The summed E-state index contributed by atoms with van der Waals surface area (Å²) in [6, 6.07) is 10.9. The van der Waals surface area contributed by atoms with Crippen LogP contribution in [0.4, 0.5) is 5.69 Å². The molecule has 0 spiro atoms. The van der Waals surface area contributed by atoms with Gasteiger partial charge >= 0.3 is 0 Å². The van der Waals surface area contributed by atoms with Gasteiger partial charge in [0.15, 0.2) is 11.5 Å². The summed E-state index contributed by atoms with van der Waals surface area (Å²) < 4.78 is 5.72. The number of oxazole rings is 1. The standard InChI is InChI=1S/C17H15N3O2/c1-10-3-2-4-13(18-10)16(21)19-12-7-8-15-14(9-12)20-17(22-15)11-5-6-11/h2-4,7-9,11H,5-6H2,1H3,(H,19,21). The minimum atomic E-state index is -0.228. The van der Waals surface area contributed by atoms with E-state index in [2.05, 4.69) is 15.3 Å². The molecule has 1 aromatic carbocycles. The summed E-state index contributed by atoms with van der Waals surface area (Å²) in [7, 11) is 0. The molecule has 1 aliphatic carbocycles. The zero-order chi connectivity index (χ0) is 15.1. The first-order chi connectivity index (χ1) is 10.7. The van der Waals surface area contributed by atoms with Crippen molar-refractivity contribution < 1.29 is 9.21 Å². The summed E-state index contributed by atoms with van der Waals surface area (Å²) >= 11 is 0. The average Bonchev–Trinajstić information content (AvgIpc) is 3.27. The van der Waals surface area contributed by atoms with Gasteiger partial charge in [-0.3, -0.25) is 4.79 Å². The molecule has 1 aliphatic rings. The molecule has 110 valence electrons. The Hall–Kier alpha value is -2.69. The number of anilines is 1. The van der Waals surface area contributed by atoms with Crippen molar-refractivity contribution in [1.29, 1.82) is 0 Å². The number of rotatable bonds is 3. The summed E-state index contributed by atoms with van der Waals surface area (Å²) in [5, 5.41) is 2.85. The van der Waals surface area contributed by atoms with Gasteiger partial charge in [-0.15, -0.1) is 0 Å². The predicted molar refractivity (Wildman–Crippen MR) is 82.9 cm³/mol. The number of nitrogens with one attached hydrogen (secondary N) is 1. The number of aryl methyl sites for hydroxylation is 1. The van der Waals surface area contributed by atoms with Crippen molar-refractivity contribution in [2.24, 2.45) is 0 Å². The monoisotopic (exact) mass is 293 g/mol. The minimum Gasteiger partial charge on any atom is -0.440 e. The van der Waals surface area contributed by atoms with Crippen LogP contribution < -0.4 is 5.32 Å². The molecule has 1 N–H and O–H groups in total. The molecule has 0 aliphatic heterocycles. The van der Waals surface area contributed by atoms with Crippen LogP contribution in [-0.4, -0.2) is 15.9 Å². The Bertz CT molecular complexity index is 865. The van der Waals surface area contributed by atoms with Gasteiger partial charge in [-0.25, -0.2) is 9.97 Å². The Morgan fingerprint density at radius 1 is 1.23 bits per heavy atom. The van der Waals surface area contributed by atoms with E-state index in [0.717, 1.165) is 35.5 Å². The molecular formula is C17H15N3O2. The number of carbonyl (C=O) groups is 1. The fourth-order valence-electron chi connectivity index (χ4n) is 2.39. The van der Waals surface area contributed by atoms with Gasteiger partial charge < -0.3 is 9.73 Å². The van der Waals surface area contributed by atoms with Crippen molar-refractivity contribution in [2.45, 2.75) is 25.7 Å². The molecule has 1 fully saturated rings. The van der Waals surface area contributed by atoms with Gasteiger partial charge in [0.05, 0.1) is 0 Å². The van der Waals surface area contributed by atoms with Crippen LogP contribution in [0.1, 0.15) is 40.8 Å². The lowest BCUT2D eigenvalue weighted by Crippen LogP contribution is -2.13. The third-order valence-corrected chi connectivity index (χ3v) is 3.71. The van der Waals surface area contributed by atoms with E-state index in [4.69, 9.17) is 4.42 Å². The third kappa shape index (κ3) is 2.45. The second-order valence-electron chi connectivity index (χ2n) is 5.63. The summed E-state index contributed by atoms with van der Waals surface area (Å²) in [5.41, 5.74) is 3.44. The highest BCUT2D eigenvalue weighted by Crippen LogP contribution is 2.40. The molecule has 1 saturated carbocycles. The van der Waals surface area contributed by atoms with E-state index in [1.807, 2.05) is 37.3 Å². The van der Waals surface area contributed by atoms with Crippen LogP contribution >= 0.6 is 0 Å². The van der Waals surface area contributed by atoms with Gasteiger partial charge in [-0.2, -0.15) is 0 Å². The molecule has 2 aromatic heterocycles. The van der Waals surface area contributed by atoms with Crippen molar-refractivity contribution in [2.75, 3.05) is 5.32 Å². The van der Waals surface area contributed by atoms with Crippen LogP contribution in [0.5, 0.6) is 0 Å². The smallest absolute Gasteiger partial charge is 0.274 e. The van der Waals surface area contributed by atoms with Crippen LogP contribution in [0.15, 0.2) is 40.8 Å². The maximum Gasteiger partial charge on any atom is 0.274 e. The maximum absolute atomic E-state index is 12.2. The van der Waals surface area contributed by atoms with Gasteiger partial charge in [0.1, 0.15) is 11.2 Å². The lowest BCUT2D eigenvalue weighted by molar-refractivity contribution is 0.102. The van der Waals surface area contributed by atoms with E-state index in [1.54, 1.807) is 6.07 Å². The van der Waals surface area contributed by atoms with E-state index < -0.39 is 0 Å². The van der Waals surface area contributed by atoms with E-state index in [9.17, 15) is 4.79 Å². The quantitative estimate of drug-likeness (QED) is 0.800. The maximum atomic E-state index is 12.2. The van der Waals surface area contributed by atoms with Crippen LogP contribution in [0.2, 0.25) is 0 Å². The van der Waals surface area contributed by atoms with Gasteiger partial charge in [-0.05, 0) is 50.1 Å². The van der Waals surface area contributed by atoms with Crippen LogP contribution in [0.25, 0.3) is 11.1 Å². The molecule has 0 atom stereocenters. The Morgan fingerprint density at radius 2 is 2.09 bits per heavy atom. The first-order valence-corrected chi connectivity index (χ1v) is 7.34. The van der Waals surface area contributed by atoms with Crippen molar-refractivity contribution in [1.82, 2.24) is 9.97 Å². The molecule has 5 heteroatoms. The fraction of sp³-hybridized carbons (Fsp3) is 0.235. The highest BCUT2D eigenvalue weighted by molar-refractivity contribution is 6.03. The number of fused-ring (bicyclic) bond motifs is 1. The number of amides is 1. The fourth-order valence-corrected chi connectivity index (χ4v) is 2.39. The molecule has 0 unspecified atom stereocenters. The second-order valence-corrected chi connectivity index (χ2v) is 5.63. The lowest BCUT2D eigenvalue weighted by Gasteiger charge is -2.04. The topological polar surface area (TPSA) is 68.0 Å². The van der Waals surface area contributed by atoms with Crippen LogP contribution in [0, 0.1) is 6.92 Å². The summed E-state index contributed by atoms with van der Waals surface area (Å²) in [6.07, 6.45) is 2.30. The number of benzene rings is 1. The van der Waals surface area contributed by atoms with E-state index in [-0.39, 0.29) is 5.91 Å². The Kier molecular flexibility index (Phi) is 2.92. The molecule has 0 radical (unpaired) electrons. The SMILES string of the molecule is Cc1cccc(C(=O)Nc2ccc3oc(C4CC4)nc3c2)n1. The van der Waals surface area contributed by atoms with E-state index in [0.29, 0.717) is 17.3 Å². The first-order valence-electron chi connectivity index (χ1n) is 7.34. The Balaban J connectivity index is 1.59. The molecule has 3 aromatic rings. The molecule has 2 heterocycles. The molecule has 0 saturated heterocycles. The van der Waals surface area contributed by atoms with Gasteiger partial charge in [-0.1, -0.05) is 6.07 Å². The molecule has 4 rings (SSSR count). The largest absolute Gasteiger partial charge is 0.440 e. The highest BCUT2D eigenvalue weighted by atomic mass is 16.3. The summed E-state index contributed by atoms with van der Waals surface area (Å²) in [5.74, 6) is 1.05. The van der Waals surface area contributed by atoms with Crippen molar-refractivity contribution in [3.63, 3.8) is 0 Å². The zero-order valence-electron chi connectivity index (χ0n) is 12.2. The second kappa shape index (κ2) is 4.94. The number of hydrogen-bond donors (Lipinski definition) is 1. The molecule has 22 heavy (non-hydrogen) atoms. The molecule has 5 nitrogen and oxygen atoms in total. The average molecular weight is 293 g/mol. The van der Waals surface area contributed by atoms with E-state index >= 15 is 0 Å². The number of pyridine rings is 1. The van der Waals surface area contributed by atoms with Gasteiger partial charge in [0, 0.05) is 17.3 Å². The zero-order valence-corrected chi connectivity index (χ0v) is 12.2. The minimum absolute atomic E-state index is 0.228. The normalized spacial score (nSPS) is 14.2. The lowest BCUT2D eigenvalue weighted by atomic mass is 10.2. The van der Waals surface area contributed by atoms with Crippen molar-refractivity contribution >= 4 is 22.7 Å². The van der Waals surface area contributed by atoms with Crippen molar-refractivity contribution in [3.8, 4) is 0 Å². The third-order valence-electron chi connectivity index (χ3n) is 3.71. The van der Waals surface area contributed by atoms with Crippen LogP contribution in [0.3, 0.4) is 0 Å². The number of aromatic nitrogens is 2. The number of hydrogen-bond acceptors (Lipinski definition) is 4. The molecular weight excluding hydrogens is 278 g/mol. The predicted octanol–water partition coefficient (Wildman–Crippen LogP) is 3.66. The Morgan fingerprint density at radius 3 is 2.86 bits per heavy atom. The van der Waals surface area contributed by atoms with Crippen LogP contribution in [-0.2, 0) is 0 Å². The van der Waals surface area contributed by atoms with Crippen molar-refractivity contribution in [3.05, 3.63) is 53.7 Å². The number of nitrogens with zero attached hydrogens (tertiary/aromatic N) is 2. The van der Waals surface area contributed by atoms with Gasteiger partial charge in [0.2, 0.25) is 0 Å². The Labute approximate surface area is 127 Å². The molecule has 0 bridgehead atoms. The first kappa shape index (κ1) is 13.0. The number of carbonyl (C=O) groups excluding carboxylic acids is 1.